The van der Waals surface area contributed by atoms with Gasteiger partial charge in [-0.05, 0) is 75.6 Å². The van der Waals surface area contributed by atoms with Gasteiger partial charge in [-0.3, -0.25) is 0 Å². The molecule has 0 radical (unpaired) electrons. The molecule has 4 rings (SSSR count). The normalized spacial score (nSPS) is 16.6. The molecular weight excluding hydrogens is 376 g/mol. The largest absolute Gasteiger partial charge is 0.588 e. The van der Waals surface area contributed by atoms with Crippen molar-refractivity contribution in [2.45, 2.75) is 53.4 Å². The van der Waals surface area contributed by atoms with Crippen LogP contribution in [0.4, 0.5) is 11.4 Å². The minimum absolute atomic E-state index is 0.974. The molecule has 0 bridgehead atoms. The summed E-state index contributed by atoms with van der Waals surface area (Å²) in [5, 5.41) is 0. The lowest BCUT2D eigenvalue weighted by molar-refractivity contribution is 0.232. The molecule has 0 atom stereocenters. The Balaban J connectivity index is 1.89. The average molecular weight is 411 g/mol. The zero-order valence-corrected chi connectivity index (χ0v) is 19.8. The standard InChI is InChI=1S/C24H34N2O2Si/c1-17-13-19(3)23-21(15-17)9-7-11-25(23)29(27-5,28-6)26-12-8-10-22-16-18(2)14-20(4)24(22)26/h13-16H,7-12H2,1-6H3. The molecule has 156 valence electrons. The van der Waals surface area contributed by atoms with Crippen molar-refractivity contribution in [3.8, 4) is 0 Å². The lowest BCUT2D eigenvalue weighted by Crippen LogP contribution is -2.71. The number of benzene rings is 2. The summed E-state index contributed by atoms with van der Waals surface area (Å²) in [5.74, 6) is 0. The molecule has 0 aliphatic carbocycles. The lowest BCUT2D eigenvalue weighted by Gasteiger charge is -2.50. The van der Waals surface area contributed by atoms with E-state index in [9.17, 15) is 0 Å². The van der Waals surface area contributed by atoms with E-state index in [1.807, 2.05) is 14.2 Å². The number of hydrogen-bond donors (Lipinski definition) is 0. The third kappa shape index (κ3) is 3.29. The first-order valence-corrected chi connectivity index (χ1v) is 12.5. The Hall–Kier alpha value is -1.82. The second kappa shape index (κ2) is 7.78. The summed E-state index contributed by atoms with van der Waals surface area (Å²) in [6.07, 6.45) is 4.51. The maximum Gasteiger partial charge on any atom is 0.588 e. The first-order chi connectivity index (χ1) is 13.9. The Bertz CT molecular complexity index is 852. The molecule has 0 saturated carbocycles. The summed E-state index contributed by atoms with van der Waals surface area (Å²) in [6, 6.07) is 9.27. The monoisotopic (exact) mass is 410 g/mol. The van der Waals surface area contributed by atoms with Crippen LogP contribution in [0.5, 0.6) is 0 Å². The third-order valence-electron chi connectivity index (χ3n) is 6.46. The van der Waals surface area contributed by atoms with Crippen molar-refractivity contribution in [2.75, 3.05) is 36.4 Å². The van der Waals surface area contributed by atoms with Crippen LogP contribution >= 0.6 is 0 Å². The van der Waals surface area contributed by atoms with Gasteiger partial charge in [0, 0.05) is 38.7 Å². The smallest absolute Gasteiger partial charge is 0.365 e. The van der Waals surface area contributed by atoms with Gasteiger partial charge in [0.15, 0.2) is 0 Å². The van der Waals surface area contributed by atoms with Crippen LogP contribution in [0.1, 0.15) is 46.2 Å². The highest BCUT2D eigenvalue weighted by Crippen LogP contribution is 2.41. The fourth-order valence-corrected chi connectivity index (χ4v) is 8.99. The first kappa shape index (κ1) is 20.4. The molecule has 2 aromatic carbocycles. The molecule has 2 aliphatic rings. The van der Waals surface area contributed by atoms with Crippen LogP contribution < -0.4 is 9.13 Å². The summed E-state index contributed by atoms with van der Waals surface area (Å²) in [7, 11) is 0.802. The molecule has 0 saturated heterocycles. The van der Waals surface area contributed by atoms with Crippen molar-refractivity contribution in [3.05, 3.63) is 57.6 Å². The average Bonchev–Trinajstić information content (AvgIpc) is 2.68. The van der Waals surface area contributed by atoms with Crippen LogP contribution in [0.25, 0.3) is 0 Å². The van der Waals surface area contributed by atoms with Gasteiger partial charge in [0.2, 0.25) is 0 Å². The molecule has 2 aliphatic heterocycles. The Morgan fingerprint density at radius 1 is 0.690 bits per heavy atom. The van der Waals surface area contributed by atoms with E-state index in [4.69, 9.17) is 8.85 Å². The van der Waals surface area contributed by atoms with Crippen molar-refractivity contribution < 1.29 is 8.85 Å². The maximum absolute atomic E-state index is 6.42. The molecule has 0 amide bonds. The van der Waals surface area contributed by atoms with Gasteiger partial charge in [-0.1, -0.05) is 35.4 Å². The Labute approximate surface area is 176 Å². The van der Waals surface area contributed by atoms with E-state index in [0.29, 0.717) is 0 Å². The van der Waals surface area contributed by atoms with Gasteiger partial charge in [0.25, 0.3) is 0 Å². The number of hydrogen-bond acceptors (Lipinski definition) is 4. The minimum atomic E-state index is -2.88. The van der Waals surface area contributed by atoms with Crippen LogP contribution in [-0.2, 0) is 21.7 Å². The zero-order chi connectivity index (χ0) is 20.8. The predicted molar refractivity (Wildman–Crippen MR) is 123 cm³/mol. The molecule has 0 N–H and O–H groups in total. The van der Waals surface area contributed by atoms with E-state index in [-0.39, 0.29) is 0 Å². The lowest BCUT2D eigenvalue weighted by atomic mass is 9.97. The van der Waals surface area contributed by atoms with Gasteiger partial charge in [-0.2, -0.15) is 0 Å². The fraction of sp³-hybridized carbons (Fsp3) is 0.500. The quantitative estimate of drug-likeness (QED) is 0.673. The van der Waals surface area contributed by atoms with E-state index in [0.717, 1.165) is 38.8 Å². The molecule has 2 aromatic rings. The number of anilines is 2. The highest BCUT2D eigenvalue weighted by molar-refractivity contribution is 6.75. The van der Waals surface area contributed by atoms with E-state index in [2.05, 4.69) is 61.1 Å². The minimum Gasteiger partial charge on any atom is -0.365 e. The van der Waals surface area contributed by atoms with Crippen molar-refractivity contribution in [1.82, 2.24) is 0 Å². The molecule has 0 spiro atoms. The molecule has 29 heavy (non-hydrogen) atoms. The summed E-state index contributed by atoms with van der Waals surface area (Å²) in [4.78, 5) is 0. The van der Waals surface area contributed by atoms with Crippen LogP contribution in [-0.4, -0.2) is 36.2 Å². The maximum atomic E-state index is 6.42. The van der Waals surface area contributed by atoms with Gasteiger partial charge in [-0.15, -0.1) is 0 Å². The van der Waals surface area contributed by atoms with Gasteiger partial charge >= 0.3 is 8.88 Å². The molecule has 5 heteroatoms. The summed E-state index contributed by atoms with van der Waals surface area (Å²) >= 11 is 0. The van der Waals surface area contributed by atoms with Crippen molar-refractivity contribution >= 4 is 20.3 Å². The summed E-state index contributed by atoms with van der Waals surface area (Å²) in [6.45, 7) is 10.8. The molecule has 0 unspecified atom stereocenters. The van der Waals surface area contributed by atoms with Crippen LogP contribution in [0, 0.1) is 27.7 Å². The molecule has 0 aromatic heterocycles. The topological polar surface area (TPSA) is 24.9 Å². The third-order valence-corrected chi connectivity index (χ3v) is 9.78. The highest BCUT2D eigenvalue weighted by Gasteiger charge is 2.54. The van der Waals surface area contributed by atoms with Crippen LogP contribution in [0.3, 0.4) is 0 Å². The number of fused-ring (bicyclic) bond motifs is 2. The van der Waals surface area contributed by atoms with E-state index < -0.39 is 8.88 Å². The molecule has 2 heterocycles. The second-order valence-electron chi connectivity index (χ2n) is 8.65. The van der Waals surface area contributed by atoms with Crippen LogP contribution in [0.2, 0.25) is 0 Å². The molecule has 4 nitrogen and oxygen atoms in total. The fourth-order valence-electron chi connectivity index (χ4n) is 5.56. The van der Waals surface area contributed by atoms with Gasteiger partial charge < -0.3 is 18.0 Å². The number of rotatable bonds is 4. The molecular formula is C24H34N2O2Si. The van der Waals surface area contributed by atoms with Gasteiger partial charge in [0.05, 0.1) is 0 Å². The Kier molecular flexibility index (Phi) is 5.49. The second-order valence-corrected chi connectivity index (χ2v) is 11.6. The first-order valence-electron chi connectivity index (χ1n) is 10.8. The van der Waals surface area contributed by atoms with Crippen LogP contribution in [0.15, 0.2) is 24.3 Å². The van der Waals surface area contributed by atoms with Gasteiger partial charge in [-0.25, -0.2) is 0 Å². The number of aryl methyl sites for hydroxylation is 6. The Morgan fingerprint density at radius 2 is 1.10 bits per heavy atom. The number of nitrogens with zero attached hydrogens (tertiary/aromatic N) is 2. The van der Waals surface area contributed by atoms with E-state index in [1.54, 1.807) is 0 Å². The Morgan fingerprint density at radius 3 is 1.48 bits per heavy atom. The van der Waals surface area contributed by atoms with E-state index in [1.165, 1.54) is 44.8 Å². The zero-order valence-electron chi connectivity index (χ0n) is 18.8. The highest BCUT2D eigenvalue weighted by atomic mass is 28.4. The van der Waals surface area contributed by atoms with Crippen molar-refractivity contribution in [1.29, 1.82) is 0 Å². The SMILES string of the molecule is CO[Si](OC)(N1CCCc2cc(C)cc(C)c21)N1CCCc2cc(C)cc(C)c21. The van der Waals surface area contributed by atoms with Crippen molar-refractivity contribution in [3.63, 3.8) is 0 Å². The summed E-state index contributed by atoms with van der Waals surface area (Å²) in [5.41, 5.74) is 10.8. The molecule has 0 fully saturated rings. The van der Waals surface area contributed by atoms with E-state index >= 15 is 0 Å². The van der Waals surface area contributed by atoms with Gasteiger partial charge in [0.1, 0.15) is 0 Å². The predicted octanol–water partition coefficient (Wildman–Crippen LogP) is 4.85. The van der Waals surface area contributed by atoms with Crippen molar-refractivity contribution in [2.24, 2.45) is 0 Å². The summed E-state index contributed by atoms with van der Waals surface area (Å²) < 4.78 is 17.8.